The van der Waals surface area contributed by atoms with Crippen molar-refractivity contribution < 1.29 is 24.9 Å². The SMILES string of the molecule is C[C@@]12C(=CC(=O)C3=C1C3)CC[C@@H]1[C@@H]2[C@@H](O)C[C@@]2(C)[C@H]1CC[C@]2(O)C(=O)CO. The van der Waals surface area contributed by atoms with E-state index in [1.54, 1.807) is 0 Å². The van der Waals surface area contributed by atoms with Gasteiger partial charge in [-0.1, -0.05) is 19.4 Å². The summed E-state index contributed by atoms with van der Waals surface area (Å²) in [6, 6.07) is 0. The van der Waals surface area contributed by atoms with Crippen molar-refractivity contribution in [2.24, 2.45) is 28.6 Å². The summed E-state index contributed by atoms with van der Waals surface area (Å²) in [5.41, 5.74) is 0.780. The highest BCUT2D eigenvalue weighted by atomic mass is 16.3. The van der Waals surface area contributed by atoms with E-state index >= 15 is 0 Å². The zero-order chi connectivity index (χ0) is 19.4. The number of rotatable bonds is 2. The third-order valence-corrected chi connectivity index (χ3v) is 9.11. The van der Waals surface area contributed by atoms with Crippen molar-refractivity contribution in [2.75, 3.05) is 6.61 Å². The maximum absolute atomic E-state index is 12.4. The molecule has 3 saturated carbocycles. The number of aliphatic hydroxyl groups excluding tert-OH is 2. The van der Waals surface area contributed by atoms with E-state index in [2.05, 4.69) is 6.92 Å². The van der Waals surface area contributed by atoms with Crippen LogP contribution < -0.4 is 0 Å². The lowest BCUT2D eigenvalue weighted by Crippen LogP contribution is -2.61. The summed E-state index contributed by atoms with van der Waals surface area (Å²) in [6.07, 6.45) is 5.11. The van der Waals surface area contributed by atoms with Crippen molar-refractivity contribution in [3.05, 3.63) is 22.8 Å². The molecule has 3 fully saturated rings. The van der Waals surface area contributed by atoms with Gasteiger partial charge in [0.25, 0.3) is 0 Å². The molecule has 7 atom stereocenters. The first-order chi connectivity index (χ1) is 12.7. The molecule has 0 radical (unpaired) electrons. The summed E-state index contributed by atoms with van der Waals surface area (Å²) < 4.78 is 0. The molecule has 5 aliphatic rings. The molecule has 5 rings (SSSR count). The van der Waals surface area contributed by atoms with Gasteiger partial charge in [0.05, 0.1) is 6.10 Å². The van der Waals surface area contributed by atoms with E-state index in [9.17, 15) is 24.9 Å². The number of carbonyl (C=O) groups is 2. The summed E-state index contributed by atoms with van der Waals surface area (Å²) in [6.45, 7) is 3.46. The molecule has 0 amide bonds. The number of allylic oxidation sites excluding steroid dienone is 4. The van der Waals surface area contributed by atoms with Crippen molar-refractivity contribution in [1.29, 1.82) is 0 Å². The molecule has 0 aliphatic heterocycles. The van der Waals surface area contributed by atoms with Crippen LogP contribution in [0.5, 0.6) is 0 Å². The first kappa shape index (κ1) is 17.8. The van der Waals surface area contributed by atoms with Gasteiger partial charge in [0.2, 0.25) is 0 Å². The average molecular weight is 372 g/mol. The molecule has 5 aliphatic carbocycles. The Morgan fingerprint density at radius 2 is 2.04 bits per heavy atom. The molecule has 146 valence electrons. The van der Waals surface area contributed by atoms with E-state index in [1.807, 2.05) is 13.0 Å². The number of Topliss-reactive ketones (excluding diaryl/α,β-unsaturated/α-hetero) is 1. The zero-order valence-corrected chi connectivity index (χ0v) is 16.0. The average Bonchev–Trinajstić information content (AvgIpc) is 3.39. The van der Waals surface area contributed by atoms with E-state index in [1.165, 1.54) is 5.57 Å². The number of ketones is 2. The first-order valence-electron chi connectivity index (χ1n) is 10.2. The lowest BCUT2D eigenvalue weighted by atomic mass is 9.46. The largest absolute Gasteiger partial charge is 0.393 e. The van der Waals surface area contributed by atoms with Crippen LogP contribution in [0.3, 0.4) is 0 Å². The van der Waals surface area contributed by atoms with E-state index < -0.39 is 29.5 Å². The fraction of sp³-hybridized carbons (Fsp3) is 0.727. The van der Waals surface area contributed by atoms with Crippen LogP contribution in [0.15, 0.2) is 22.8 Å². The van der Waals surface area contributed by atoms with Gasteiger partial charge in [0.15, 0.2) is 11.6 Å². The standard InChI is InChI=1S/C22H28O5/c1-20-9-17(25)19-12(14(20)5-6-22(20,27)18(26)10-23)4-3-11-7-16(24)13-8-15(13)21(11,19)2/h7,12,14,17,19,23,25,27H,3-6,8-10H2,1-2H3/t12-,14-,17-,19+,20-,21+,22-/m0/s1. The van der Waals surface area contributed by atoms with Crippen LogP contribution in [-0.4, -0.2) is 45.2 Å². The van der Waals surface area contributed by atoms with Gasteiger partial charge in [-0.3, -0.25) is 9.59 Å². The van der Waals surface area contributed by atoms with Crippen LogP contribution >= 0.6 is 0 Å². The molecule has 27 heavy (non-hydrogen) atoms. The van der Waals surface area contributed by atoms with Crippen LogP contribution in [0.25, 0.3) is 0 Å². The number of aliphatic hydroxyl groups is 3. The lowest BCUT2D eigenvalue weighted by Gasteiger charge is -2.59. The number of fused-ring (bicyclic) bond motifs is 6. The lowest BCUT2D eigenvalue weighted by molar-refractivity contribution is -0.178. The zero-order valence-electron chi connectivity index (χ0n) is 16.0. The van der Waals surface area contributed by atoms with Crippen LogP contribution in [0, 0.1) is 28.6 Å². The van der Waals surface area contributed by atoms with Crippen molar-refractivity contribution in [2.45, 2.75) is 64.1 Å². The van der Waals surface area contributed by atoms with Crippen LogP contribution in [-0.2, 0) is 9.59 Å². The fourth-order valence-corrected chi connectivity index (χ4v) is 7.69. The molecular weight excluding hydrogens is 344 g/mol. The van der Waals surface area contributed by atoms with Crippen molar-refractivity contribution in [3.63, 3.8) is 0 Å². The molecular formula is C22H28O5. The Bertz CT molecular complexity index is 825. The second-order valence-electron chi connectivity index (χ2n) is 9.87. The van der Waals surface area contributed by atoms with Gasteiger partial charge in [-0.25, -0.2) is 0 Å². The van der Waals surface area contributed by atoms with E-state index in [0.717, 1.165) is 36.8 Å². The number of hydrogen-bond donors (Lipinski definition) is 3. The molecule has 0 aromatic rings. The van der Waals surface area contributed by atoms with Gasteiger partial charge >= 0.3 is 0 Å². The first-order valence-corrected chi connectivity index (χ1v) is 10.2. The topological polar surface area (TPSA) is 94.8 Å². The van der Waals surface area contributed by atoms with Crippen LogP contribution in [0.2, 0.25) is 0 Å². The summed E-state index contributed by atoms with van der Waals surface area (Å²) in [4.78, 5) is 24.6. The number of carbonyl (C=O) groups excluding carboxylic acids is 2. The highest BCUT2D eigenvalue weighted by Crippen LogP contribution is 2.70. The fourth-order valence-electron chi connectivity index (χ4n) is 7.69. The van der Waals surface area contributed by atoms with Crippen LogP contribution in [0.4, 0.5) is 0 Å². The Kier molecular flexibility index (Phi) is 3.42. The molecule has 0 unspecified atom stereocenters. The third-order valence-electron chi connectivity index (χ3n) is 9.11. The van der Waals surface area contributed by atoms with Gasteiger partial charge in [-0.15, -0.1) is 0 Å². The molecule has 0 saturated heterocycles. The van der Waals surface area contributed by atoms with Gasteiger partial charge < -0.3 is 15.3 Å². The Morgan fingerprint density at radius 3 is 2.74 bits per heavy atom. The smallest absolute Gasteiger partial charge is 0.190 e. The van der Waals surface area contributed by atoms with Gasteiger partial charge in [-0.2, -0.15) is 0 Å². The van der Waals surface area contributed by atoms with Crippen molar-refractivity contribution in [1.82, 2.24) is 0 Å². The van der Waals surface area contributed by atoms with Crippen molar-refractivity contribution in [3.8, 4) is 0 Å². The Hall–Kier alpha value is -1.30. The van der Waals surface area contributed by atoms with Crippen LogP contribution in [0.1, 0.15) is 52.4 Å². The summed E-state index contributed by atoms with van der Waals surface area (Å²) in [5.74, 6) is 0.0166. The summed E-state index contributed by atoms with van der Waals surface area (Å²) >= 11 is 0. The Balaban J connectivity index is 1.57. The molecule has 5 heteroatoms. The Labute approximate surface area is 159 Å². The highest BCUT2D eigenvalue weighted by molar-refractivity contribution is 6.11. The number of hydrogen-bond acceptors (Lipinski definition) is 5. The molecule has 0 heterocycles. The normalized spacial score (nSPS) is 50.4. The molecule has 3 N–H and O–H groups in total. The molecule has 5 nitrogen and oxygen atoms in total. The molecule has 0 aromatic carbocycles. The second-order valence-corrected chi connectivity index (χ2v) is 9.87. The third kappa shape index (κ3) is 1.91. The quantitative estimate of drug-likeness (QED) is 0.686. The van der Waals surface area contributed by atoms with E-state index in [4.69, 9.17) is 0 Å². The molecule has 0 bridgehead atoms. The van der Waals surface area contributed by atoms with E-state index in [0.29, 0.717) is 12.8 Å². The highest BCUT2D eigenvalue weighted by Gasteiger charge is 2.69. The summed E-state index contributed by atoms with van der Waals surface area (Å²) in [5, 5.41) is 31.9. The minimum Gasteiger partial charge on any atom is -0.393 e. The second kappa shape index (κ2) is 5.19. The minimum absolute atomic E-state index is 0.0303. The monoisotopic (exact) mass is 372 g/mol. The van der Waals surface area contributed by atoms with E-state index in [-0.39, 0.29) is 29.0 Å². The Morgan fingerprint density at radius 1 is 1.30 bits per heavy atom. The van der Waals surface area contributed by atoms with Gasteiger partial charge in [0, 0.05) is 22.3 Å². The maximum atomic E-state index is 12.4. The summed E-state index contributed by atoms with van der Waals surface area (Å²) in [7, 11) is 0. The maximum Gasteiger partial charge on any atom is 0.190 e. The molecule has 0 aromatic heterocycles. The van der Waals surface area contributed by atoms with Crippen molar-refractivity contribution >= 4 is 11.6 Å². The van der Waals surface area contributed by atoms with Gasteiger partial charge in [-0.05, 0) is 62.0 Å². The molecule has 0 spiro atoms. The minimum atomic E-state index is -1.55. The predicted octanol–water partition coefficient (Wildman–Crippen LogP) is 1.70. The van der Waals surface area contributed by atoms with Gasteiger partial charge in [0.1, 0.15) is 12.2 Å². The predicted molar refractivity (Wildman–Crippen MR) is 97.6 cm³/mol.